The number of hydrogen-bond donors (Lipinski definition) is 2. The normalized spacial score (nSPS) is 19.6. The van der Waals surface area contributed by atoms with E-state index >= 15 is 0 Å². The molecule has 10 heteroatoms. The molecule has 0 unspecified atom stereocenters. The van der Waals surface area contributed by atoms with Crippen molar-refractivity contribution < 1.29 is 23.0 Å². The van der Waals surface area contributed by atoms with Crippen molar-refractivity contribution in [1.29, 1.82) is 0 Å². The Bertz CT molecular complexity index is 2090. The van der Waals surface area contributed by atoms with Crippen LogP contribution in [-0.2, 0) is 32.6 Å². The van der Waals surface area contributed by atoms with E-state index in [0.717, 1.165) is 49.0 Å². The second kappa shape index (κ2) is 14.9. The van der Waals surface area contributed by atoms with Crippen LogP contribution in [0.4, 0.5) is 0 Å². The molecule has 5 aromatic carbocycles. The first kappa shape index (κ1) is 33.6. The number of aliphatic hydroxyl groups is 1. The van der Waals surface area contributed by atoms with Crippen LogP contribution in [0.1, 0.15) is 41.6 Å². The molecule has 0 aliphatic carbocycles. The van der Waals surface area contributed by atoms with Gasteiger partial charge in [0.2, 0.25) is 10.0 Å². The molecule has 49 heavy (non-hydrogen) atoms. The topological polar surface area (TPSA) is 97.8 Å². The molecule has 1 fully saturated rings. The fourth-order valence-electron chi connectivity index (χ4n) is 6.01. The Hall–Kier alpha value is -3.87. The highest BCUT2D eigenvalue weighted by Crippen LogP contribution is 2.44. The molecule has 1 saturated heterocycles. The molecule has 250 valence electrons. The minimum atomic E-state index is -3.65. The lowest BCUT2D eigenvalue weighted by molar-refractivity contribution is -0.268. The SMILES string of the molecule is C[C@H]1[C@@H](CSc2nc3ccccc3s2)O[C@@H](c2ccc(-c3ccccc3CNS(=O)(=O)c3ccccc3)cc2)O[C@H]1c1ccc(CO)cc1. The third kappa shape index (κ3) is 7.66. The lowest BCUT2D eigenvalue weighted by Crippen LogP contribution is -2.38. The standard InChI is InChI=1S/C39H36N2O5S3/c1-26-35(25-47-39-41-34-13-7-8-14-36(34)48-39)45-38(46-37(26)29-17-15-27(24-42)16-18-29)30-21-19-28(20-22-30)33-12-6-5-9-31(33)23-40-49(43,44)32-10-3-2-4-11-32/h2-22,26,35,37-38,40,42H,23-25H2,1H3/t26-,35+,37+,38+/m0/s1. The van der Waals surface area contributed by atoms with Crippen LogP contribution in [0.25, 0.3) is 21.3 Å². The summed E-state index contributed by atoms with van der Waals surface area (Å²) >= 11 is 3.40. The molecule has 0 bridgehead atoms. The maximum atomic E-state index is 12.9. The highest BCUT2D eigenvalue weighted by molar-refractivity contribution is 8.01. The summed E-state index contributed by atoms with van der Waals surface area (Å²) in [6.45, 7) is 2.31. The molecule has 0 amide bonds. The van der Waals surface area contributed by atoms with Gasteiger partial charge in [-0.2, -0.15) is 0 Å². The molecule has 1 aromatic heterocycles. The molecule has 0 saturated carbocycles. The van der Waals surface area contributed by atoms with Gasteiger partial charge in [0.1, 0.15) is 0 Å². The third-order valence-electron chi connectivity index (χ3n) is 8.79. The van der Waals surface area contributed by atoms with E-state index < -0.39 is 16.3 Å². The summed E-state index contributed by atoms with van der Waals surface area (Å²) in [5.74, 6) is 0.778. The van der Waals surface area contributed by atoms with Gasteiger partial charge in [-0.15, -0.1) is 11.3 Å². The maximum absolute atomic E-state index is 12.9. The van der Waals surface area contributed by atoms with E-state index in [1.807, 2.05) is 91.0 Å². The van der Waals surface area contributed by atoms with Crippen LogP contribution in [0.3, 0.4) is 0 Å². The van der Waals surface area contributed by atoms with Gasteiger partial charge in [-0.1, -0.05) is 122 Å². The number of nitrogens with zero attached hydrogens (tertiary/aromatic N) is 1. The molecular weight excluding hydrogens is 673 g/mol. The van der Waals surface area contributed by atoms with Gasteiger partial charge in [0.05, 0.1) is 33.9 Å². The molecule has 2 heterocycles. The molecular formula is C39H36N2O5S3. The molecule has 7 rings (SSSR count). The molecule has 7 nitrogen and oxygen atoms in total. The monoisotopic (exact) mass is 708 g/mol. The van der Waals surface area contributed by atoms with Crippen molar-refractivity contribution in [2.45, 2.75) is 47.8 Å². The van der Waals surface area contributed by atoms with Crippen LogP contribution < -0.4 is 4.72 Å². The second-order valence-corrected chi connectivity index (χ2v) is 16.1. The first-order chi connectivity index (χ1) is 23.9. The Morgan fingerprint density at radius 3 is 2.27 bits per heavy atom. The number of fused-ring (bicyclic) bond motifs is 1. The molecule has 1 aliphatic rings. The minimum absolute atomic E-state index is 0.0110. The van der Waals surface area contributed by atoms with Crippen molar-refractivity contribution in [2.75, 3.05) is 5.75 Å². The average molecular weight is 709 g/mol. The number of aromatic nitrogens is 1. The number of benzene rings is 5. The van der Waals surface area contributed by atoms with Crippen molar-refractivity contribution in [3.63, 3.8) is 0 Å². The Morgan fingerprint density at radius 2 is 1.51 bits per heavy atom. The molecule has 6 aromatic rings. The van der Waals surface area contributed by atoms with Gasteiger partial charge in [-0.05, 0) is 52.1 Å². The number of thiazole rings is 1. The summed E-state index contributed by atoms with van der Waals surface area (Å²) in [6, 6.07) is 40.4. The number of ether oxygens (including phenoxy) is 2. The fourth-order valence-corrected chi connectivity index (χ4v) is 9.29. The van der Waals surface area contributed by atoms with Crippen molar-refractivity contribution in [3.05, 3.63) is 150 Å². The summed E-state index contributed by atoms with van der Waals surface area (Å²) in [7, 11) is -3.65. The summed E-state index contributed by atoms with van der Waals surface area (Å²) < 4.78 is 44.1. The predicted octanol–water partition coefficient (Wildman–Crippen LogP) is 8.52. The van der Waals surface area contributed by atoms with E-state index in [9.17, 15) is 13.5 Å². The quantitative estimate of drug-likeness (QED) is 0.130. The molecule has 4 atom stereocenters. The fraction of sp³-hybridized carbons (Fsp3) is 0.205. The van der Waals surface area contributed by atoms with Gasteiger partial charge in [0.15, 0.2) is 10.6 Å². The smallest absolute Gasteiger partial charge is 0.240 e. The lowest BCUT2D eigenvalue weighted by Gasteiger charge is -2.41. The summed E-state index contributed by atoms with van der Waals surface area (Å²) in [4.78, 5) is 5.05. The lowest BCUT2D eigenvalue weighted by atomic mass is 9.91. The van der Waals surface area contributed by atoms with Crippen LogP contribution in [0.5, 0.6) is 0 Å². The first-order valence-electron chi connectivity index (χ1n) is 16.1. The third-order valence-corrected chi connectivity index (χ3v) is 12.5. The number of rotatable bonds is 11. The van der Waals surface area contributed by atoms with Gasteiger partial charge in [-0.3, -0.25) is 0 Å². The molecule has 0 radical (unpaired) electrons. The van der Waals surface area contributed by atoms with Crippen LogP contribution in [0.15, 0.2) is 137 Å². The highest BCUT2D eigenvalue weighted by atomic mass is 32.2. The number of para-hydroxylation sites is 1. The second-order valence-electron chi connectivity index (χ2n) is 12.0. The average Bonchev–Trinajstić information content (AvgIpc) is 3.57. The van der Waals surface area contributed by atoms with Gasteiger partial charge in [0.25, 0.3) is 0 Å². The number of sulfonamides is 1. The largest absolute Gasteiger partial charge is 0.392 e. The minimum Gasteiger partial charge on any atom is -0.392 e. The molecule has 1 aliphatic heterocycles. The number of aliphatic hydroxyl groups excluding tert-OH is 1. The summed E-state index contributed by atoms with van der Waals surface area (Å²) in [6.07, 6.45) is -0.927. The van der Waals surface area contributed by atoms with E-state index in [-0.39, 0.29) is 36.2 Å². The van der Waals surface area contributed by atoms with Gasteiger partial charge in [0, 0.05) is 23.8 Å². The van der Waals surface area contributed by atoms with Gasteiger partial charge in [-0.25, -0.2) is 18.1 Å². The predicted molar refractivity (Wildman–Crippen MR) is 196 cm³/mol. The molecule has 0 spiro atoms. The zero-order valence-corrected chi connectivity index (χ0v) is 29.3. The molecule has 2 N–H and O–H groups in total. The van der Waals surface area contributed by atoms with E-state index in [0.29, 0.717) is 0 Å². The maximum Gasteiger partial charge on any atom is 0.240 e. The highest BCUT2D eigenvalue weighted by Gasteiger charge is 2.38. The van der Waals surface area contributed by atoms with Crippen LogP contribution in [0.2, 0.25) is 0 Å². The first-order valence-corrected chi connectivity index (χ1v) is 19.4. The zero-order valence-electron chi connectivity index (χ0n) is 26.8. The van der Waals surface area contributed by atoms with E-state index in [1.54, 1.807) is 53.4 Å². The number of thioether (sulfide) groups is 1. The zero-order chi connectivity index (χ0) is 33.8. The van der Waals surface area contributed by atoms with Gasteiger partial charge < -0.3 is 14.6 Å². The van der Waals surface area contributed by atoms with Crippen LogP contribution >= 0.6 is 23.1 Å². The van der Waals surface area contributed by atoms with Crippen molar-refractivity contribution in [3.8, 4) is 11.1 Å². The Balaban J connectivity index is 1.11. The number of hydrogen-bond acceptors (Lipinski definition) is 8. The van der Waals surface area contributed by atoms with Crippen LogP contribution in [0, 0.1) is 5.92 Å². The van der Waals surface area contributed by atoms with Crippen molar-refractivity contribution >= 4 is 43.3 Å². The summed E-state index contributed by atoms with van der Waals surface area (Å²) in [5, 5.41) is 9.60. The Morgan fingerprint density at radius 1 is 0.816 bits per heavy atom. The Kier molecular flexibility index (Phi) is 10.2. The van der Waals surface area contributed by atoms with Gasteiger partial charge >= 0.3 is 0 Å². The van der Waals surface area contributed by atoms with E-state index in [1.165, 1.54) is 4.70 Å². The Labute approximate surface area is 295 Å². The number of nitrogens with one attached hydrogen (secondary N) is 1. The van der Waals surface area contributed by atoms with E-state index in [4.69, 9.17) is 14.5 Å². The van der Waals surface area contributed by atoms with Crippen molar-refractivity contribution in [1.82, 2.24) is 9.71 Å². The summed E-state index contributed by atoms with van der Waals surface area (Å²) in [5.41, 5.74) is 6.56. The van der Waals surface area contributed by atoms with Crippen molar-refractivity contribution in [2.24, 2.45) is 5.92 Å². The van der Waals surface area contributed by atoms with Crippen LogP contribution in [-0.4, -0.2) is 30.4 Å². The van der Waals surface area contributed by atoms with E-state index in [2.05, 4.69) is 17.7 Å².